The van der Waals surface area contributed by atoms with Crippen molar-refractivity contribution < 1.29 is 19.1 Å². The first-order chi connectivity index (χ1) is 15.0. The van der Waals surface area contributed by atoms with Crippen molar-refractivity contribution in [2.24, 2.45) is 0 Å². The number of carbonyl (C=O) groups is 2. The molecule has 0 radical (unpaired) electrons. The molecule has 0 saturated carbocycles. The minimum atomic E-state index is -0.462. The van der Waals surface area contributed by atoms with Crippen molar-refractivity contribution in [1.82, 2.24) is 20.6 Å². The third-order valence-corrected chi connectivity index (χ3v) is 4.68. The number of nitrogens with zero attached hydrogens (tertiary/aromatic N) is 2. The summed E-state index contributed by atoms with van der Waals surface area (Å²) in [7, 11) is 1.51. The summed E-state index contributed by atoms with van der Waals surface area (Å²) in [6.45, 7) is 4.60. The maximum absolute atomic E-state index is 12.4. The molecule has 1 heterocycles. The molecule has 0 spiro atoms. The number of ether oxygens (including phenoxy) is 2. The van der Waals surface area contributed by atoms with Crippen LogP contribution in [0.25, 0.3) is 5.69 Å². The van der Waals surface area contributed by atoms with Crippen LogP contribution in [0.4, 0.5) is 0 Å². The molecule has 1 aromatic heterocycles. The fourth-order valence-electron chi connectivity index (χ4n) is 2.91. The summed E-state index contributed by atoms with van der Waals surface area (Å²) < 4.78 is 12.8. The van der Waals surface area contributed by atoms with Crippen LogP contribution in [-0.2, 0) is 0 Å². The lowest BCUT2D eigenvalue weighted by atomic mass is 10.2. The molecule has 8 heteroatoms. The number of rotatable bonds is 8. The first-order valence-corrected chi connectivity index (χ1v) is 10.1. The summed E-state index contributed by atoms with van der Waals surface area (Å²) in [5.74, 6) is 0.141. The Hall–Kier alpha value is -3.81. The highest BCUT2D eigenvalue weighted by molar-refractivity contribution is 5.99. The molecule has 3 rings (SSSR count). The Morgan fingerprint density at radius 1 is 0.968 bits per heavy atom. The summed E-state index contributed by atoms with van der Waals surface area (Å²) in [5, 5.41) is 4.23. The van der Waals surface area contributed by atoms with Crippen LogP contribution in [0.3, 0.4) is 0 Å². The molecule has 162 valence electrons. The van der Waals surface area contributed by atoms with Crippen LogP contribution < -0.4 is 20.3 Å². The van der Waals surface area contributed by atoms with Gasteiger partial charge in [0, 0.05) is 23.0 Å². The topological polar surface area (TPSA) is 94.5 Å². The highest BCUT2D eigenvalue weighted by atomic mass is 16.5. The Bertz CT molecular complexity index is 1040. The molecule has 0 saturated heterocycles. The van der Waals surface area contributed by atoms with E-state index in [0.29, 0.717) is 29.2 Å². The normalized spacial score (nSPS) is 10.4. The maximum Gasteiger partial charge on any atom is 0.269 e. The number of hydrogen-bond donors (Lipinski definition) is 2. The fourth-order valence-corrected chi connectivity index (χ4v) is 2.91. The summed E-state index contributed by atoms with van der Waals surface area (Å²) in [4.78, 5) is 24.8. The molecule has 0 atom stereocenters. The van der Waals surface area contributed by atoms with Crippen LogP contribution in [0.1, 0.15) is 46.2 Å². The van der Waals surface area contributed by atoms with Gasteiger partial charge in [-0.05, 0) is 61.9 Å². The summed E-state index contributed by atoms with van der Waals surface area (Å²) in [6.07, 6.45) is 3.67. The van der Waals surface area contributed by atoms with Crippen LogP contribution in [0.15, 0.2) is 54.7 Å². The van der Waals surface area contributed by atoms with E-state index in [1.807, 2.05) is 13.0 Å². The van der Waals surface area contributed by atoms with Crippen molar-refractivity contribution in [2.45, 2.75) is 26.7 Å². The number of unbranched alkanes of at least 4 members (excludes halogenated alkanes) is 1. The number of methoxy groups -OCH3 is 1. The van der Waals surface area contributed by atoms with E-state index in [-0.39, 0.29) is 0 Å². The van der Waals surface area contributed by atoms with Gasteiger partial charge in [-0.3, -0.25) is 20.4 Å². The van der Waals surface area contributed by atoms with E-state index in [4.69, 9.17) is 9.47 Å². The van der Waals surface area contributed by atoms with Gasteiger partial charge in [0.1, 0.15) is 0 Å². The number of aryl methyl sites for hydroxylation is 1. The lowest BCUT2D eigenvalue weighted by molar-refractivity contribution is 0.0846. The van der Waals surface area contributed by atoms with E-state index in [0.717, 1.165) is 24.2 Å². The third kappa shape index (κ3) is 5.42. The first kappa shape index (κ1) is 21.9. The maximum atomic E-state index is 12.4. The molecule has 0 bridgehead atoms. The molecule has 2 N–H and O–H groups in total. The molecule has 0 unspecified atom stereocenters. The Morgan fingerprint density at radius 2 is 1.65 bits per heavy atom. The highest BCUT2D eigenvalue weighted by Gasteiger charge is 2.13. The van der Waals surface area contributed by atoms with Gasteiger partial charge in [-0.1, -0.05) is 13.3 Å². The van der Waals surface area contributed by atoms with E-state index in [1.165, 1.54) is 7.11 Å². The molecule has 0 aliphatic heterocycles. The molecule has 0 aliphatic rings. The van der Waals surface area contributed by atoms with Gasteiger partial charge >= 0.3 is 0 Å². The molecular weight excluding hydrogens is 396 g/mol. The second kappa shape index (κ2) is 10.3. The summed E-state index contributed by atoms with van der Waals surface area (Å²) in [5.41, 5.74) is 7.42. The molecule has 2 aromatic carbocycles. The van der Waals surface area contributed by atoms with Crippen molar-refractivity contribution in [3.05, 3.63) is 71.5 Å². The van der Waals surface area contributed by atoms with Gasteiger partial charge in [0.25, 0.3) is 11.8 Å². The Balaban J connectivity index is 1.59. The Morgan fingerprint density at radius 3 is 2.26 bits per heavy atom. The molecule has 31 heavy (non-hydrogen) atoms. The molecular formula is C23H26N4O4. The van der Waals surface area contributed by atoms with Gasteiger partial charge in [0.05, 0.1) is 19.4 Å². The number of hydrogen-bond acceptors (Lipinski definition) is 5. The number of amides is 2. The quantitative estimate of drug-likeness (QED) is 0.428. The van der Waals surface area contributed by atoms with Crippen LogP contribution in [0, 0.1) is 6.92 Å². The van der Waals surface area contributed by atoms with Gasteiger partial charge in [0.15, 0.2) is 11.5 Å². The smallest absolute Gasteiger partial charge is 0.269 e. The molecule has 8 nitrogen and oxygen atoms in total. The standard InChI is InChI=1S/C23H26N4O4/c1-4-5-14-31-20-11-8-18(15-21(20)30-3)23(29)26-25-22(28)17-6-9-19(10-7-17)27-16(2)12-13-24-27/h6-13,15H,4-5,14H2,1-3H3,(H,25,28)(H,26,29). The SMILES string of the molecule is CCCCOc1ccc(C(=O)NNC(=O)c2ccc(-n3nccc3C)cc2)cc1OC. The van der Waals surface area contributed by atoms with Crippen molar-refractivity contribution in [2.75, 3.05) is 13.7 Å². The first-order valence-electron chi connectivity index (χ1n) is 10.1. The molecule has 3 aromatic rings. The van der Waals surface area contributed by atoms with E-state index in [1.54, 1.807) is 53.3 Å². The summed E-state index contributed by atoms with van der Waals surface area (Å²) >= 11 is 0. The van der Waals surface area contributed by atoms with E-state index < -0.39 is 11.8 Å². The van der Waals surface area contributed by atoms with Crippen LogP contribution in [0.5, 0.6) is 11.5 Å². The predicted molar refractivity (Wildman–Crippen MR) is 117 cm³/mol. The van der Waals surface area contributed by atoms with Gasteiger partial charge in [-0.15, -0.1) is 0 Å². The Labute approximate surface area is 181 Å². The van der Waals surface area contributed by atoms with E-state index in [9.17, 15) is 9.59 Å². The number of nitrogens with one attached hydrogen (secondary N) is 2. The zero-order valence-electron chi connectivity index (χ0n) is 17.8. The average Bonchev–Trinajstić information content (AvgIpc) is 3.23. The number of hydrazine groups is 1. The predicted octanol–water partition coefficient (Wildman–Crippen LogP) is 3.44. The largest absolute Gasteiger partial charge is 0.493 e. The minimum absolute atomic E-state index is 0.337. The van der Waals surface area contributed by atoms with Crippen molar-refractivity contribution in [3.8, 4) is 17.2 Å². The van der Waals surface area contributed by atoms with Crippen molar-refractivity contribution in [1.29, 1.82) is 0 Å². The lowest BCUT2D eigenvalue weighted by Gasteiger charge is -2.12. The molecule has 0 fully saturated rings. The molecule has 0 aliphatic carbocycles. The summed E-state index contributed by atoms with van der Waals surface area (Å²) in [6, 6.07) is 13.7. The van der Waals surface area contributed by atoms with Gasteiger partial charge in [-0.25, -0.2) is 4.68 Å². The lowest BCUT2D eigenvalue weighted by Crippen LogP contribution is -2.41. The van der Waals surface area contributed by atoms with E-state index >= 15 is 0 Å². The van der Waals surface area contributed by atoms with Crippen LogP contribution >= 0.6 is 0 Å². The zero-order chi connectivity index (χ0) is 22.2. The van der Waals surface area contributed by atoms with Gasteiger partial charge < -0.3 is 9.47 Å². The number of aromatic nitrogens is 2. The van der Waals surface area contributed by atoms with Crippen molar-refractivity contribution >= 4 is 11.8 Å². The second-order valence-electron chi connectivity index (χ2n) is 6.91. The van der Waals surface area contributed by atoms with Gasteiger partial charge in [0.2, 0.25) is 0 Å². The van der Waals surface area contributed by atoms with Crippen LogP contribution in [0.2, 0.25) is 0 Å². The van der Waals surface area contributed by atoms with Crippen LogP contribution in [-0.4, -0.2) is 35.3 Å². The monoisotopic (exact) mass is 422 g/mol. The number of benzene rings is 2. The highest BCUT2D eigenvalue weighted by Crippen LogP contribution is 2.28. The van der Waals surface area contributed by atoms with Gasteiger partial charge in [-0.2, -0.15) is 5.10 Å². The third-order valence-electron chi connectivity index (χ3n) is 4.68. The fraction of sp³-hybridized carbons (Fsp3) is 0.261. The number of carbonyl (C=O) groups excluding carboxylic acids is 2. The minimum Gasteiger partial charge on any atom is -0.493 e. The second-order valence-corrected chi connectivity index (χ2v) is 6.91. The van der Waals surface area contributed by atoms with Crippen molar-refractivity contribution in [3.63, 3.8) is 0 Å². The van der Waals surface area contributed by atoms with E-state index in [2.05, 4.69) is 22.9 Å². The molecule has 2 amide bonds. The Kier molecular flexibility index (Phi) is 7.26. The zero-order valence-corrected chi connectivity index (χ0v) is 17.8. The average molecular weight is 422 g/mol.